The highest BCUT2D eigenvalue weighted by molar-refractivity contribution is 7.80. The number of carboxylic acid groups (broad SMARTS) is 1. The molecule has 12 N–H and O–H groups in total. The number of aromatic nitrogens is 1. The van der Waals surface area contributed by atoms with Gasteiger partial charge < -0.3 is 48.1 Å². The molecule has 1 aromatic heterocycles. The molecule has 0 fully saturated rings. The van der Waals surface area contributed by atoms with Crippen LogP contribution in [0.2, 0.25) is 0 Å². The summed E-state index contributed by atoms with van der Waals surface area (Å²) in [5, 5.41) is 33.3. The molecule has 15 nitrogen and oxygen atoms in total. The minimum Gasteiger partial charge on any atom is -0.480 e. The molecule has 0 aliphatic heterocycles. The molecule has 5 atom stereocenters. The van der Waals surface area contributed by atoms with E-state index in [1.807, 2.05) is 73.7 Å². The number of benzene rings is 3. The third-order valence-corrected chi connectivity index (χ3v) is 9.60. The zero-order valence-electron chi connectivity index (χ0n) is 30.8. The maximum absolute atomic E-state index is 14.1. The monoisotopic (exact) mass is 773 g/mol. The summed E-state index contributed by atoms with van der Waals surface area (Å²) >= 11 is 4.03. The van der Waals surface area contributed by atoms with E-state index in [0.717, 1.165) is 32.8 Å². The van der Waals surface area contributed by atoms with Gasteiger partial charge >= 0.3 is 5.97 Å². The number of H-pyrrole nitrogens is 1. The molecule has 4 aromatic rings. The van der Waals surface area contributed by atoms with Crippen LogP contribution in [0.25, 0.3) is 21.7 Å². The standard InChI is InChI=1S/C39H51N9O6S/c1-2-3-12-30(36(51)48-33(22-55)38(53)54)46-37(52)32(20-26-21-44-29-13-7-6-11-27(26)29)47-35(50)31(14-8-17-43-39(41)42)45-34(49)28(40)19-23-15-16-24-9-4-5-10-25(24)18-23/h4-7,9-11,13,15-16,18,21,28,30-33,44,55H,2-3,8,12,14,17,19-20,22,40H2,1H3,(H,45,49)(H,46,52)(H,47,50)(H,48,51)(H,53,54)(H4,41,42,43)/t28-,30-,31-,32-,33-/m0/s1. The van der Waals surface area contributed by atoms with Gasteiger partial charge in [-0.15, -0.1) is 0 Å². The summed E-state index contributed by atoms with van der Waals surface area (Å²) in [6.07, 6.45) is 3.88. The van der Waals surface area contributed by atoms with Crippen molar-refractivity contribution >= 4 is 69.9 Å². The minimum absolute atomic E-state index is 0.0200. The third-order valence-electron chi connectivity index (χ3n) is 9.23. The second-order valence-corrected chi connectivity index (χ2v) is 13.8. The number of carboxylic acids is 1. The number of amides is 4. The molecule has 0 radical (unpaired) electrons. The topological polar surface area (TPSA) is 257 Å². The highest BCUT2D eigenvalue weighted by Crippen LogP contribution is 2.20. The summed E-state index contributed by atoms with van der Waals surface area (Å²) in [6, 6.07) is 15.4. The Morgan fingerprint density at radius 1 is 0.782 bits per heavy atom. The molecule has 0 aliphatic rings. The third kappa shape index (κ3) is 12.5. The van der Waals surface area contributed by atoms with Crippen LogP contribution in [0, 0.1) is 5.41 Å². The molecule has 4 amide bonds. The lowest BCUT2D eigenvalue weighted by atomic mass is 10.0. The smallest absolute Gasteiger partial charge is 0.327 e. The van der Waals surface area contributed by atoms with Crippen molar-refractivity contribution in [3.8, 4) is 0 Å². The van der Waals surface area contributed by atoms with Gasteiger partial charge in [-0.25, -0.2) is 4.79 Å². The largest absolute Gasteiger partial charge is 0.480 e. The van der Waals surface area contributed by atoms with Crippen LogP contribution in [0.1, 0.15) is 50.2 Å². The Bertz CT molecular complexity index is 1970. The van der Waals surface area contributed by atoms with Gasteiger partial charge in [-0.05, 0) is 53.6 Å². The maximum atomic E-state index is 14.1. The zero-order chi connectivity index (χ0) is 39.9. The fraction of sp³-hybridized carbons (Fsp3) is 0.385. The molecule has 0 unspecified atom stereocenters. The zero-order valence-corrected chi connectivity index (χ0v) is 31.7. The van der Waals surface area contributed by atoms with Crippen LogP contribution < -0.4 is 38.1 Å². The van der Waals surface area contributed by atoms with E-state index in [-0.39, 0.29) is 43.9 Å². The molecular weight excluding hydrogens is 723 g/mol. The van der Waals surface area contributed by atoms with E-state index in [9.17, 15) is 29.1 Å². The molecular formula is C39H51N9O6S. The minimum atomic E-state index is -1.27. The summed E-state index contributed by atoms with van der Waals surface area (Å²) in [6.45, 7) is 2.16. The summed E-state index contributed by atoms with van der Waals surface area (Å²) in [5.41, 5.74) is 14.2. The van der Waals surface area contributed by atoms with Crippen molar-refractivity contribution in [2.24, 2.45) is 11.5 Å². The molecule has 0 spiro atoms. The molecule has 294 valence electrons. The van der Waals surface area contributed by atoms with Crippen molar-refractivity contribution < 1.29 is 29.1 Å². The van der Waals surface area contributed by atoms with Gasteiger partial charge in [-0.1, -0.05) is 80.4 Å². The number of aliphatic carboxylic acids is 1. The van der Waals surface area contributed by atoms with Crippen molar-refractivity contribution in [2.75, 3.05) is 12.3 Å². The van der Waals surface area contributed by atoms with E-state index in [4.69, 9.17) is 16.9 Å². The molecule has 0 bridgehead atoms. The number of hydrogen-bond acceptors (Lipinski definition) is 8. The first-order valence-electron chi connectivity index (χ1n) is 18.3. The Hall–Kier alpha value is -5.61. The number of aromatic amines is 1. The number of carbonyl (C=O) groups is 5. The lowest BCUT2D eigenvalue weighted by Crippen LogP contribution is -2.59. The van der Waals surface area contributed by atoms with E-state index in [0.29, 0.717) is 19.3 Å². The van der Waals surface area contributed by atoms with Gasteiger partial charge in [-0.3, -0.25) is 24.6 Å². The van der Waals surface area contributed by atoms with Gasteiger partial charge in [0.1, 0.15) is 24.2 Å². The number of nitrogens with two attached hydrogens (primary N) is 2. The Balaban J connectivity index is 1.57. The molecule has 55 heavy (non-hydrogen) atoms. The number of rotatable bonds is 21. The van der Waals surface area contributed by atoms with Crippen molar-refractivity contribution in [3.63, 3.8) is 0 Å². The SMILES string of the molecule is CCCC[C@H](NC(=O)[C@H](Cc1c[nH]c2ccccc12)NC(=O)[C@H](CCCNC(=N)N)NC(=O)[C@@H](N)Cc1ccc2ccccc2c1)C(=O)N[C@@H](CS)C(=O)O. The summed E-state index contributed by atoms with van der Waals surface area (Å²) < 4.78 is 0. The van der Waals surface area contributed by atoms with Crippen molar-refractivity contribution in [1.82, 2.24) is 31.6 Å². The molecule has 0 saturated carbocycles. The van der Waals surface area contributed by atoms with Crippen LogP contribution in [0.3, 0.4) is 0 Å². The van der Waals surface area contributed by atoms with Crippen molar-refractivity contribution in [3.05, 3.63) is 84.1 Å². The molecule has 4 rings (SSSR count). The highest BCUT2D eigenvalue weighted by atomic mass is 32.1. The Morgan fingerprint density at radius 2 is 1.38 bits per heavy atom. The summed E-state index contributed by atoms with van der Waals surface area (Å²) in [4.78, 5) is 69.8. The summed E-state index contributed by atoms with van der Waals surface area (Å²) in [7, 11) is 0. The van der Waals surface area contributed by atoms with Crippen molar-refractivity contribution in [2.45, 2.75) is 82.1 Å². The van der Waals surface area contributed by atoms with Crippen LogP contribution in [0.4, 0.5) is 0 Å². The van der Waals surface area contributed by atoms with E-state index in [2.05, 4.69) is 44.2 Å². The van der Waals surface area contributed by atoms with Crippen LogP contribution in [-0.4, -0.2) is 88.2 Å². The predicted octanol–water partition coefficient (Wildman–Crippen LogP) is 1.84. The normalized spacial score (nSPS) is 13.9. The van der Waals surface area contributed by atoms with Crippen LogP contribution in [0.15, 0.2) is 72.9 Å². The number of fused-ring (bicyclic) bond motifs is 2. The molecule has 3 aromatic carbocycles. The van der Waals surface area contributed by atoms with Crippen molar-refractivity contribution in [1.29, 1.82) is 5.41 Å². The first-order chi connectivity index (χ1) is 26.4. The molecule has 0 saturated heterocycles. The van der Waals surface area contributed by atoms with Crippen LogP contribution >= 0.6 is 12.6 Å². The number of para-hydroxylation sites is 1. The Morgan fingerprint density at radius 3 is 2.05 bits per heavy atom. The number of unbranched alkanes of at least 4 members (excludes halogenated alkanes) is 1. The summed E-state index contributed by atoms with van der Waals surface area (Å²) in [5.74, 6) is -4.27. The highest BCUT2D eigenvalue weighted by Gasteiger charge is 2.32. The molecule has 16 heteroatoms. The lowest BCUT2D eigenvalue weighted by molar-refractivity contribution is -0.141. The van der Waals surface area contributed by atoms with E-state index in [1.54, 1.807) is 6.20 Å². The first kappa shape index (κ1) is 42.1. The Kier molecular flexibility index (Phi) is 15.9. The molecule has 1 heterocycles. The van der Waals surface area contributed by atoms with Gasteiger partial charge in [-0.2, -0.15) is 12.6 Å². The number of guanidine groups is 1. The fourth-order valence-corrected chi connectivity index (χ4v) is 6.45. The second kappa shape index (κ2) is 20.7. The van der Waals surface area contributed by atoms with E-state index >= 15 is 0 Å². The average molecular weight is 774 g/mol. The van der Waals surface area contributed by atoms with E-state index < -0.39 is 59.8 Å². The number of carbonyl (C=O) groups excluding carboxylic acids is 4. The van der Waals surface area contributed by atoms with Gasteiger partial charge in [0, 0.05) is 35.8 Å². The quantitative estimate of drug-likeness (QED) is 0.0255. The van der Waals surface area contributed by atoms with Crippen LogP contribution in [0.5, 0.6) is 0 Å². The number of hydrogen-bond donors (Lipinski definition) is 11. The molecule has 0 aliphatic carbocycles. The fourth-order valence-electron chi connectivity index (χ4n) is 6.20. The van der Waals surface area contributed by atoms with Crippen LogP contribution in [-0.2, 0) is 36.8 Å². The van der Waals surface area contributed by atoms with Gasteiger partial charge in [0.25, 0.3) is 0 Å². The van der Waals surface area contributed by atoms with Gasteiger partial charge in [0.2, 0.25) is 23.6 Å². The van der Waals surface area contributed by atoms with Gasteiger partial charge in [0.05, 0.1) is 6.04 Å². The van der Waals surface area contributed by atoms with Gasteiger partial charge in [0.15, 0.2) is 5.96 Å². The number of thiol groups is 1. The average Bonchev–Trinajstić information content (AvgIpc) is 3.58. The Labute approximate surface area is 325 Å². The maximum Gasteiger partial charge on any atom is 0.327 e. The van der Waals surface area contributed by atoms with E-state index in [1.165, 1.54) is 0 Å². The predicted molar refractivity (Wildman–Crippen MR) is 216 cm³/mol. The first-order valence-corrected chi connectivity index (χ1v) is 18.9. The second-order valence-electron chi connectivity index (χ2n) is 13.4. The lowest BCUT2D eigenvalue weighted by Gasteiger charge is -2.26. The number of nitrogens with one attached hydrogen (secondary N) is 7.